The van der Waals surface area contributed by atoms with E-state index in [1.165, 1.54) is 11.3 Å². The van der Waals surface area contributed by atoms with E-state index in [0.717, 1.165) is 24.5 Å². The highest BCUT2D eigenvalue weighted by atomic mass is 35.5. The lowest BCUT2D eigenvalue weighted by atomic mass is 9.85. The smallest absolute Gasteiger partial charge is 0.0426 e. The van der Waals surface area contributed by atoms with Gasteiger partial charge in [0.2, 0.25) is 0 Å². The van der Waals surface area contributed by atoms with Crippen LogP contribution in [0.25, 0.3) is 0 Å². The minimum atomic E-state index is 0.132. The van der Waals surface area contributed by atoms with Gasteiger partial charge >= 0.3 is 0 Å². The molecule has 0 radical (unpaired) electrons. The van der Waals surface area contributed by atoms with Gasteiger partial charge in [0.1, 0.15) is 0 Å². The van der Waals surface area contributed by atoms with Crippen LogP contribution in [0.5, 0.6) is 0 Å². The molecule has 2 rings (SSSR count). The highest BCUT2D eigenvalue weighted by Gasteiger charge is 2.25. The Kier molecular flexibility index (Phi) is 3.37. The summed E-state index contributed by atoms with van der Waals surface area (Å²) in [7, 11) is 0. The van der Waals surface area contributed by atoms with E-state index in [-0.39, 0.29) is 5.41 Å². The van der Waals surface area contributed by atoms with Crippen LogP contribution >= 0.6 is 11.6 Å². The van der Waals surface area contributed by atoms with Crippen molar-refractivity contribution >= 4 is 17.3 Å². The van der Waals surface area contributed by atoms with Crippen molar-refractivity contribution in [2.24, 2.45) is 5.73 Å². The first-order valence-electron chi connectivity index (χ1n) is 6.18. The van der Waals surface area contributed by atoms with E-state index < -0.39 is 0 Å². The minimum absolute atomic E-state index is 0.132. The van der Waals surface area contributed by atoms with Gasteiger partial charge in [0.25, 0.3) is 0 Å². The van der Waals surface area contributed by atoms with E-state index in [1.54, 1.807) is 0 Å². The quantitative estimate of drug-likeness (QED) is 0.832. The molecule has 1 atom stereocenters. The summed E-state index contributed by atoms with van der Waals surface area (Å²) in [4.78, 5) is 2.36. The molecule has 0 bridgehead atoms. The fourth-order valence-electron chi connectivity index (χ4n) is 2.41. The SMILES string of the molecule is CC(C)(C)c1ccc(Cl)cc1N1CC[C@H](N)C1. The average Bonchev–Trinajstić information content (AvgIpc) is 2.62. The molecule has 0 saturated carbocycles. The first kappa shape index (κ1) is 12.7. The summed E-state index contributed by atoms with van der Waals surface area (Å²) in [6, 6.07) is 6.48. The maximum atomic E-state index is 6.12. The molecule has 0 spiro atoms. The lowest BCUT2D eigenvalue weighted by Gasteiger charge is -2.29. The summed E-state index contributed by atoms with van der Waals surface area (Å²) >= 11 is 6.12. The molecular formula is C14H21ClN2. The van der Waals surface area contributed by atoms with Gasteiger partial charge in [-0.3, -0.25) is 0 Å². The van der Waals surface area contributed by atoms with Gasteiger partial charge in [0.15, 0.2) is 0 Å². The molecule has 0 unspecified atom stereocenters. The standard InChI is InChI=1S/C14H21ClN2/c1-14(2,3)12-5-4-10(15)8-13(12)17-7-6-11(16)9-17/h4-5,8,11H,6-7,9,16H2,1-3H3/t11-/m0/s1. The van der Waals surface area contributed by atoms with Crippen molar-refractivity contribution in [2.75, 3.05) is 18.0 Å². The normalized spacial score (nSPS) is 21.0. The van der Waals surface area contributed by atoms with Gasteiger partial charge in [-0.2, -0.15) is 0 Å². The Morgan fingerprint density at radius 1 is 1.35 bits per heavy atom. The first-order valence-corrected chi connectivity index (χ1v) is 6.56. The lowest BCUT2D eigenvalue weighted by molar-refractivity contribution is 0.588. The predicted octanol–water partition coefficient (Wildman–Crippen LogP) is 3.17. The summed E-state index contributed by atoms with van der Waals surface area (Å²) in [5.74, 6) is 0. The van der Waals surface area contributed by atoms with Crippen LogP contribution in [0, 0.1) is 0 Å². The van der Waals surface area contributed by atoms with Gasteiger partial charge in [0, 0.05) is 29.8 Å². The zero-order valence-electron chi connectivity index (χ0n) is 10.8. The van der Waals surface area contributed by atoms with Gasteiger partial charge in [0.05, 0.1) is 0 Å². The second kappa shape index (κ2) is 4.51. The molecular weight excluding hydrogens is 232 g/mol. The molecule has 1 aromatic carbocycles. The van der Waals surface area contributed by atoms with Gasteiger partial charge in [-0.1, -0.05) is 38.4 Å². The van der Waals surface area contributed by atoms with Crippen LogP contribution in [-0.4, -0.2) is 19.1 Å². The summed E-state index contributed by atoms with van der Waals surface area (Å²) < 4.78 is 0. The molecule has 1 heterocycles. The zero-order valence-corrected chi connectivity index (χ0v) is 11.6. The number of benzene rings is 1. The first-order chi connectivity index (χ1) is 7.88. The van der Waals surface area contributed by atoms with Crippen LogP contribution in [0.1, 0.15) is 32.8 Å². The number of rotatable bonds is 1. The third-order valence-electron chi connectivity index (χ3n) is 3.33. The van der Waals surface area contributed by atoms with E-state index >= 15 is 0 Å². The van der Waals surface area contributed by atoms with E-state index in [4.69, 9.17) is 17.3 Å². The van der Waals surface area contributed by atoms with Gasteiger partial charge < -0.3 is 10.6 Å². The molecule has 1 aliphatic rings. The van der Waals surface area contributed by atoms with E-state index in [1.807, 2.05) is 6.07 Å². The molecule has 1 saturated heterocycles. The summed E-state index contributed by atoms with van der Waals surface area (Å²) in [6.07, 6.45) is 1.07. The highest BCUT2D eigenvalue weighted by molar-refractivity contribution is 6.30. The number of anilines is 1. The summed E-state index contributed by atoms with van der Waals surface area (Å²) in [5.41, 5.74) is 8.71. The lowest BCUT2D eigenvalue weighted by Crippen LogP contribution is -2.28. The van der Waals surface area contributed by atoms with E-state index in [9.17, 15) is 0 Å². The topological polar surface area (TPSA) is 29.3 Å². The van der Waals surface area contributed by atoms with Crippen LogP contribution in [0.4, 0.5) is 5.69 Å². The Labute approximate surface area is 109 Å². The zero-order chi connectivity index (χ0) is 12.6. The molecule has 17 heavy (non-hydrogen) atoms. The minimum Gasteiger partial charge on any atom is -0.370 e. The van der Waals surface area contributed by atoms with Gasteiger partial charge in [-0.05, 0) is 29.5 Å². The molecule has 3 heteroatoms. The van der Waals surface area contributed by atoms with Crippen molar-refractivity contribution < 1.29 is 0 Å². The van der Waals surface area contributed by atoms with Crippen molar-refractivity contribution in [2.45, 2.75) is 38.6 Å². The van der Waals surface area contributed by atoms with Crippen LogP contribution < -0.4 is 10.6 Å². The van der Waals surface area contributed by atoms with Crippen molar-refractivity contribution in [1.82, 2.24) is 0 Å². The van der Waals surface area contributed by atoms with Crippen molar-refractivity contribution in [3.05, 3.63) is 28.8 Å². The van der Waals surface area contributed by atoms with Crippen LogP contribution in [0.15, 0.2) is 18.2 Å². The van der Waals surface area contributed by atoms with Crippen molar-refractivity contribution in [3.8, 4) is 0 Å². The predicted molar refractivity (Wildman–Crippen MR) is 75.0 cm³/mol. The Bertz CT molecular complexity index is 409. The Hall–Kier alpha value is -0.730. The third-order valence-corrected chi connectivity index (χ3v) is 3.57. The number of hydrogen-bond donors (Lipinski definition) is 1. The molecule has 0 aromatic heterocycles. The second-order valence-corrected chi connectivity index (χ2v) is 6.34. The van der Waals surface area contributed by atoms with Crippen molar-refractivity contribution in [3.63, 3.8) is 0 Å². The maximum absolute atomic E-state index is 6.12. The molecule has 1 aromatic rings. The van der Waals surface area contributed by atoms with E-state index in [2.05, 4.69) is 37.8 Å². The largest absolute Gasteiger partial charge is 0.370 e. The average molecular weight is 253 g/mol. The molecule has 94 valence electrons. The fourth-order valence-corrected chi connectivity index (χ4v) is 2.57. The maximum Gasteiger partial charge on any atom is 0.0426 e. The molecule has 0 amide bonds. The Morgan fingerprint density at radius 2 is 2.06 bits per heavy atom. The molecule has 1 aliphatic heterocycles. The summed E-state index contributed by atoms with van der Waals surface area (Å²) in [6.45, 7) is 8.66. The van der Waals surface area contributed by atoms with Crippen molar-refractivity contribution in [1.29, 1.82) is 0 Å². The monoisotopic (exact) mass is 252 g/mol. The molecule has 1 fully saturated rings. The Balaban J connectivity index is 2.40. The highest BCUT2D eigenvalue weighted by Crippen LogP contribution is 2.35. The summed E-state index contributed by atoms with van der Waals surface area (Å²) in [5, 5.41) is 0.800. The fraction of sp³-hybridized carbons (Fsp3) is 0.571. The molecule has 2 nitrogen and oxygen atoms in total. The van der Waals surface area contributed by atoms with Gasteiger partial charge in [-0.15, -0.1) is 0 Å². The number of hydrogen-bond acceptors (Lipinski definition) is 2. The van der Waals surface area contributed by atoms with Crippen LogP contribution in [0.3, 0.4) is 0 Å². The molecule has 2 N–H and O–H groups in total. The Morgan fingerprint density at radius 3 is 2.59 bits per heavy atom. The molecule has 0 aliphatic carbocycles. The third kappa shape index (κ3) is 2.75. The van der Waals surface area contributed by atoms with Crippen LogP contribution in [-0.2, 0) is 5.41 Å². The number of nitrogens with two attached hydrogens (primary N) is 1. The number of nitrogens with zero attached hydrogens (tertiary/aromatic N) is 1. The number of halogens is 1. The van der Waals surface area contributed by atoms with Gasteiger partial charge in [-0.25, -0.2) is 0 Å². The van der Waals surface area contributed by atoms with Crippen LogP contribution in [0.2, 0.25) is 5.02 Å². The van der Waals surface area contributed by atoms with E-state index in [0.29, 0.717) is 6.04 Å². The second-order valence-electron chi connectivity index (χ2n) is 5.91.